The van der Waals surface area contributed by atoms with Crippen LogP contribution in [0.2, 0.25) is 0 Å². The molecule has 96 valence electrons. The highest BCUT2D eigenvalue weighted by Crippen LogP contribution is 2.21. The summed E-state index contributed by atoms with van der Waals surface area (Å²) in [4.78, 5) is 2.31. The summed E-state index contributed by atoms with van der Waals surface area (Å²) in [5.41, 5.74) is 9.45. The predicted molar refractivity (Wildman–Crippen MR) is 81.5 cm³/mol. The Labute approximate surface area is 121 Å². The van der Waals surface area contributed by atoms with Crippen molar-refractivity contribution in [3.8, 4) is 0 Å². The van der Waals surface area contributed by atoms with E-state index in [0.717, 1.165) is 13.1 Å². The number of halogens is 1. The van der Waals surface area contributed by atoms with Crippen molar-refractivity contribution in [3.63, 3.8) is 0 Å². The van der Waals surface area contributed by atoms with E-state index >= 15 is 0 Å². The first-order valence-corrected chi connectivity index (χ1v) is 7.54. The monoisotopic (exact) mass is 324 g/mol. The second-order valence-corrected chi connectivity index (χ2v) is 6.74. The van der Waals surface area contributed by atoms with Crippen molar-refractivity contribution in [1.82, 2.24) is 4.90 Å². The zero-order chi connectivity index (χ0) is 13.0. The number of hydrogen-bond donors (Lipinski definition) is 1. The van der Waals surface area contributed by atoms with Crippen LogP contribution in [0.4, 0.5) is 0 Å². The molecule has 18 heavy (non-hydrogen) atoms. The smallest absolute Gasteiger partial charge is 0.0701 e. The fourth-order valence-corrected chi connectivity index (χ4v) is 3.09. The number of nitrogens with two attached hydrogens (primary N) is 1. The molecule has 0 aliphatic heterocycles. The van der Waals surface area contributed by atoms with Gasteiger partial charge in [-0.05, 0) is 51.1 Å². The average Bonchev–Trinajstić information content (AvgIpc) is 2.75. The summed E-state index contributed by atoms with van der Waals surface area (Å²) in [5, 5.41) is 2.19. The van der Waals surface area contributed by atoms with Gasteiger partial charge >= 0.3 is 0 Å². The molecule has 1 heterocycles. The first-order chi connectivity index (χ1) is 8.67. The van der Waals surface area contributed by atoms with Crippen LogP contribution >= 0.6 is 27.3 Å². The number of thiophene rings is 1. The highest BCUT2D eigenvalue weighted by atomic mass is 79.9. The van der Waals surface area contributed by atoms with Crippen LogP contribution < -0.4 is 5.73 Å². The maximum atomic E-state index is 5.59. The highest BCUT2D eigenvalue weighted by Gasteiger charge is 2.03. The summed E-state index contributed by atoms with van der Waals surface area (Å²) < 4.78 is 1.19. The number of nitrogens with zero attached hydrogens (tertiary/aromatic N) is 1. The number of rotatable bonds is 5. The van der Waals surface area contributed by atoms with Crippen molar-refractivity contribution in [2.75, 3.05) is 7.05 Å². The predicted octanol–water partition coefficient (Wildman–Crippen LogP) is 3.60. The lowest BCUT2D eigenvalue weighted by molar-refractivity contribution is 0.319. The molecule has 0 radical (unpaired) electrons. The zero-order valence-corrected chi connectivity index (χ0v) is 12.8. The Kier molecular flexibility index (Phi) is 4.95. The summed E-state index contributed by atoms with van der Waals surface area (Å²) >= 11 is 5.23. The Morgan fingerprint density at radius 1 is 1.11 bits per heavy atom. The van der Waals surface area contributed by atoms with Crippen molar-refractivity contribution < 1.29 is 0 Å². The van der Waals surface area contributed by atoms with Gasteiger partial charge in [-0.1, -0.05) is 24.3 Å². The molecule has 4 heteroatoms. The van der Waals surface area contributed by atoms with Gasteiger partial charge in [-0.2, -0.15) is 0 Å². The van der Waals surface area contributed by atoms with E-state index in [-0.39, 0.29) is 0 Å². The lowest BCUT2D eigenvalue weighted by Crippen LogP contribution is -2.16. The maximum Gasteiger partial charge on any atom is 0.0701 e. The molecular formula is C14H17BrN2S. The lowest BCUT2D eigenvalue weighted by atomic mass is 10.1. The van der Waals surface area contributed by atoms with Crippen LogP contribution in [0.25, 0.3) is 0 Å². The standard InChI is InChI=1S/C14H17BrN2S/c1-17(9-13-6-14(15)18-10-13)8-12-4-2-11(7-16)3-5-12/h2-6,10H,7-9,16H2,1H3. The van der Waals surface area contributed by atoms with Crippen LogP contribution in [0.1, 0.15) is 16.7 Å². The maximum absolute atomic E-state index is 5.59. The average molecular weight is 325 g/mol. The molecule has 2 N–H and O–H groups in total. The van der Waals surface area contributed by atoms with Crippen LogP contribution in [-0.4, -0.2) is 11.9 Å². The Hall–Kier alpha value is -0.680. The third kappa shape index (κ3) is 3.92. The van der Waals surface area contributed by atoms with E-state index in [0.29, 0.717) is 6.54 Å². The van der Waals surface area contributed by atoms with Crippen molar-refractivity contribution in [1.29, 1.82) is 0 Å². The molecule has 0 fully saturated rings. The van der Waals surface area contributed by atoms with Gasteiger partial charge in [0.25, 0.3) is 0 Å². The highest BCUT2D eigenvalue weighted by molar-refractivity contribution is 9.11. The summed E-state index contributed by atoms with van der Waals surface area (Å²) in [7, 11) is 2.14. The SMILES string of the molecule is CN(Cc1ccc(CN)cc1)Cc1csc(Br)c1. The van der Waals surface area contributed by atoms with E-state index in [4.69, 9.17) is 5.73 Å². The van der Waals surface area contributed by atoms with Crippen molar-refractivity contribution in [2.45, 2.75) is 19.6 Å². The summed E-state index contributed by atoms with van der Waals surface area (Å²) in [6.07, 6.45) is 0. The molecule has 0 saturated carbocycles. The topological polar surface area (TPSA) is 29.3 Å². The number of hydrogen-bond acceptors (Lipinski definition) is 3. The van der Waals surface area contributed by atoms with Crippen LogP contribution in [0.3, 0.4) is 0 Å². The lowest BCUT2D eigenvalue weighted by Gasteiger charge is -2.16. The van der Waals surface area contributed by atoms with E-state index in [2.05, 4.69) is 63.6 Å². The van der Waals surface area contributed by atoms with Gasteiger partial charge in [0, 0.05) is 19.6 Å². The minimum Gasteiger partial charge on any atom is -0.326 e. The Morgan fingerprint density at radius 3 is 2.28 bits per heavy atom. The van der Waals surface area contributed by atoms with Gasteiger partial charge in [0.05, 0.1) is 3.79 Å². The third-order valence-electron chi connectivity index (χ3n) is 2.79. The van der Waals surface area contributed by atoms with E-state index < -0.39 is 0 Å². The molecule has 0 aliphatic rings. The van der Waals surface area contributed by atoms with Crippen molar-refractivity contribution in [3.05, 3.63) is 56.2 Å². The molecule has 0 unspecified atom stereocenters. The van der Waals surface area contributed by atoms with Crippen LogP contribution in [0.15, 0.2) is 39.5 Å². The van der Waals surface area contributed by atoms with Crippen LogP contribution in [0.5, 0.6) is 0 Å². The van der Waals surface area contributed by atoms with Gasteiger partial charge in [0.1, 0.15) is 0 Å². The van der Waals surface area contributed by atoms with Gasteiger partial charge in [-0.15, -0.1) is 11.3 Å². The summed E-state index contributed by atoms with van der Waals surface area (Å²) in [6.45, 7) is 2.54. The van der Waals surface area contributed by atoms with Gasteiger partial charge in [-0.25, -0.2) is 0 Å². The summed E-state index contributed by atoms with van der Waals surface area (Å²) in [6, 6.07) is 10.7. The third-order valence-corrected chi connectivity index (χ3v) is 4.34. The molecule has 0 amide bonds. The van der Waals surface area contributed by atoms with Gasteiger partial charge in [0.15, 0.2) is 0 Å². The molecule has 0 bridgehead atoms. The quantitative estimate of drug-likeness (QED) is 0.910. The van der Waals surface area contributed by atoms with E-state index in [9.17, 15) is 0 Å². The van der Waals surface area contributed by atoms with Crippen LogP contribution in [-0.2, 0) is 19.6 Å². The molecule has 0 saturated heterocycles. The van der Waals surface area contributed by atoms with E-state index in [1.165, 1.54) is 20.5 Å². The van der Waals surface area contributed by atoms with E-state index in [1.54, 1.807) is 11.3 Å². The Morgan fingerprint density at radius 2 is 1.72 bits per heavy atom. The number of benzene rings is 1. The molecule has 0 spiro atoms. The Bertz CT molecular complexity index is 493. The molecule has 1 aromatic carbocycles. The second kappa shape index (κ2) is 6.48. The molecule has 2 rings (SSSR count). The normalized spacial score (nSPS) is 11.1. The minimum atomic E-state index is 0.610. The fourth-order valence-electron chi connectivity index (χ4n) is 1.89. The molecule has 2 nitrogen and oxygen atoms in total. The fraction of sp³-hybridized carbons (Fsp3) is 0.286. The largest absolute Gasteiger partial charge is 0.326 e. The van der Waals surface area contributed by atoms with Gasteiger partial charge < -0.3 is 5.73 Å². The van der Waals surface area contributed by atoms with Crippen molar-refractivity contribution >= 4 is 27.3 Å². The molecule has 2 aromatic rings. The molecule has 0 aliphatic carbocycles. The minimum absolute atomic E-state index is 0.610. The first kappa shape index (κ1) is 13.7. The second-order valence-electron chi connectivity index (χ2n) is 4.45. The van der Waals surface area contributed by atoms with Crippen LogP contribution in [0, 0.1) is 0 Å². The molecule has 1 aromatic heterocycles. The Balaban J connectivity index is 1.91. The molecule has 0 atom stereocenters. The van der Waals surface area contributed by atoms with E-state index in [1.807, 2.05) is 0 Å². The molecular weight excluding hydrogens is 308 g/mol. The van der Waals surface area contributed by atoms with Crippen molar-refractivity contribution in [2.24, 2.45) is 5.73 Å². The summed E-state index contributed by atoms with van der Waals surface area (Å²) in [5.74, 6) is 0. The van der Waals surface area contributed by atoms with Gasteiger partial charge in [-0.3, -0.25) is 4.90 Å². The zero-order valence-electron chi connectivity index (χ0n) is 10.4. The first-order valence-electron chi connectivity index (χ1n) is 5.86. The van der Waals surface area contributed by atoms with Gasteiger partial charge in [0.2, 0.25) is 0 Å².